The van der Waals surface area contributed by atoms with Gasteiger partial charge in [-0.2, -0.15) is 0 Å². The van der Waals surface area contributed by atoms with Crippen LogP contribution in [0.4, 0.5) is 0 Å². The minimum absolute atomic E-state index is 0.0375. The zero-order chi connectivity index (χ0) is 14.4. The van der Waals surface area contributed by atoms with Crippen molar-refractivity contribution < 1.29 is 4.79 Å². The first-order valence-corrected chi connectivity index (χ1v) is 8.48. The monoisotopic (exact) mass is 301 g/mol. The van der Waals surface area contributed by atoms with E-state index in [4.69, 9.17) is 0 Å². The van der Waals surface area contributed by atoms with Crippen molar-refractivity contribution in [3.63, 3.8) is 0 Å². The molecule has 1 aromatic carbocycles. The molecule has 0 aliphatic carbocycles. The number of fused-ring (bicyclic) bond motifs is 4. The highest BCUT2D eigenvalue weighted by atomic mass is 32.1. The van der Waals surface area contributed by atoms with Crippen LogP contribution in [-0.2, 0) is 0 Å². The third kappa shape index (κ3) is 2.24. The van der Waals surface area contributed by atoms with Crippen molar-refractivity contribution in [3.05, 3.63) is 29.3 Å². The summed E-state index contributed by atoms with van der Waals surface area (Å²) in [5.41, 5.74) is 3.45. The highest BCUT2D eigenvalue weighted by Gasteiger charge is 2.40. The molecule has 0 unspecified atom stereocenters. The SMILES string of the molecule is C[C@H]1[C@H](NC(=O)c2ccc3scnc3c2)C2CCN1CC2. The molecule has 2 aromatic rings. The van der Waals surface area contributed by atoms with Gasteiger partial charge in [-0.1, -0.05) is 0 Å². The summed E-state index contributed by atoms with van der Waals surface area (Å²) in [4.78, 5) is 19.3. The van der Waals surface area contributed by atoms with Gasteiger partial charge in [0.05, 0.1) is 15.7 Å². The van der Waals surface area contributed by atoms with Crippen LogP contribution in [0.3, 0.4) is 0 Å². The molecule has 4 nitrogen and oxygen atoms in total. The Labute approximate surface area is 128 Å². The summed E-state index contributed by atoms with van der Waals surface area (Å²) < 4.78 is 1.13. The van der Waals surface area contributed by atoms with E-state index in [2.05, 4.69) is 22.1 Å². The molecular formula is C16H19N3OS. The molecule has 5 rings (SSSR count). The van der Waals surface area contributed by atoms with Crippen molar-refractivity contribution in [2.24, 2.45) is 5.92 Å². The average molecular weight is 301 g/mol. The van der Waals surface area contributed by atoms with Crippen molar-refractivity contribution in [1.82, 2.24) is 15.2 Å². The molecule has 1 amide bonds. The van der Waals surface area contributed by atoms with E-state index in [-0.39, 0.29) is 11.9 Å². The summed E-state index contributed by atoms with van der Waals surface area (Å²) in [5.74, 6) is 0.674. The highest BCUT2D eigenvalue weighted by molar-refractivity contribution is 7.16. The number of rotatable bonds is 2. The van der Waals surface area contributed by atoms with Crippen LogP contribution in [0, 0.1) is 5.92 Å². The summed E-state index contributed by atoms with van der Waals surface area (Å²) in [5, 5.41) is 3.27. The van der Waals surface area contributed by atoms with Gasteiger partial charge in [-0.25, -0.2) is 4.98 Å². The van der Waals surface area contributed by atoms with Crippen molar-refractivity contribution in [3.8, 4) is 0 Å². The Morgan fingerprint density at radius 3 is 2.95 bits per heavy atom. The molecule has 110 valence electrons. The molecule has 0 spiro atoms. The standard InChI is InChI=1S/C16H19N3OS/c1-10-15(11-4-6-19(10)7-5-11)18-16(20)12-2-3-14-13(8-12)17-9-21-14/h2-3,8-11,15H,4-7H2,1H3,(H,18,20)/t10-,15-/m0/s1. The summed E-state index contributed by atoms with van der Waals surface area (Å²) in [6.07, 6.45) is 2.42. The number of benzene rings is 1. The van der Waals surface area contributed by atoms with Crippen molar-refractivity contribution in [1.29, 1.82) is 0 Å². The smallest absolute Gasteiger partial charge is 0.251 e. The van der Waals surface area contributed by atoms with Crippen LogP contribution >= 0.6 is 11.3 Å². The van der Waals surface area contributed by atoms with Crippen LogP contribution in [0.25, 0.3) is 10.2 Å². The molecular weight excluding hydrogens is 282 g/mol. The van der Waals surface area contributed by atoms with Gasteiger partial charge in [0, 0.05) is 17.6 Å². The minimum atomic E-state index is 0.0375. The fraction of sp³-hybridized carbons (Fsp3) is 0.500. The van der Waals surface area contributed by atoms with Crippen LogP contribution in [-0.4, -0.2) is 41.0 Å². The number of nitrogens with one attached hydrogen (secondary N) is 1. The lowest BCUT2D eigenvalue weighted by molar-refractivity contribution is 0.0217. The quantitative estimate of drug-likeness (QED) is 0.927. The maximum atomic E-state index is 12.5. The Hall–Kier alpha value is -1.46. The van der Waals surface area contributed by atoms with E-state index in [1.807, 2.05) is 23.7 Å². The van der Waals surface area contributed by atoms with Crippen LogP contribution in [0.1, 0.15) is 30.1 Å². The second kappa shape index (κ2) is 5.07. The van der Waals surface area contributed by atoms with Gasteiger partial charge in [-0.05, 0) is 57.0 Å². The number of carbonyl (C=O) groups excluding carboxylic acids is 1. The zero-order valence-electron chi connectivity index (χ0n) is 12.1. The van der Waals surface area contributed by atoms with Gasteiger partial charge in [-0.3, -0.25) is 9.69 Å². The second-order valence-electron chi connectivity index (χ2n) is 6.15. The Kier molecular flexibility index (Phi) is 3.19. The van der Waals surface area contributed by atoms with Gasteiger partial charge >= 0.3 is 0 Å². The molecule has 21 heavy (non-hydrogen) atoms. The Morgan fingerprint density at radius 1 is 1.38 bits per heavy atom. The summed E-state index contributed by atoms with van der Waals surface area (Å²) in [6, 6.07) is 6.52. The number of piperidine rings is 3. The van der Waals surface area contributed by atoms with Gasteiger partial charge in [0.2, 0.25) is 0 Å². The number of hydrogen-bond acceptors (Lipinski definition) is 4. The van der Waals surface area contributed by atoms with E-state index in [0.29, 0.717) is 12.0 Å². The predicted octanol–water partition coefficient (Wildman–Crippen LogP) is 2.51. The summed E-state index contributed by atoms with van der Waals surface area (Å²) in [6.45, 7) is 4.60. The molecule has 3 saturated heterocycles. The average Bonchev–Trinajstić information content (AvgIpc) is 2.98. The first kappa shape index (κ1) is 13.2. The molecule has 1 N–H and O–H groups in total. The van der Waals surface area contributed by atoms with Crippen LogP contribution in [0.2, 0.25) is 0 Å². The molecule has 0 saturated carbocycles. The van der Waals surface area contributed by atoms with E-state index in [1.54, 1.807) is 11.3 Å². The third-order valence-electron chi connectivity index (χ3n) is 5.07. The van der Waals surface area contributed by atoms with Crippen molar-refractivity contribution >= 4 is 27.5 Å². The van der Waals surface area contributed by atoms with Crippen molar-refractivity contribution in [2.45, 2.75) is 31.8 Å². The Morgan fingerprint density at radius 2 is 2.19 bits per heavy atom. The lowest BCUT2D eigenvalue weighted by Gasteiger charge is -2.49. The number of nitrogens with zero attached hydrogens (tertiary/aromatic N) is 2. The molecule has 5 heteroatoms. The molecule has 4 heterocycles. The first-order valence-electron chi connectivity index (χ1n) is 7.60. The number of carbonyl (C=O) groups is 1. The van der Waals surface area contributed by atoms with Gasteiger partial charge < -0.3 is 5.32 Å². The van der Waals surface area contributed by atoms with Gasteiger partial charge in [0.15, 0.2) is 0 Å². The molecule has 3 fully saturated rings. The normalized spacial score (nSPS) is 31.5. The largest absolute Gasteiger partial charge is 0.347 e. The summed E-state index contributed by atoms with van der Waals surface area (Å²) in [7, 11) is 0. The van der Waals surface area contributed by atoms with Gasteiger partial charge in [0.1, 0.15) is 0 Å². The fourth-order valence-corrected chi connectivity index (χ4v) is 4.44. The zero-order valence-corrected chi connectivity index (χ0v) is 12.9. The van der Waals surface area contributed by atoms with Gasteiger partial charge in [-0.15, -0.1) is 11.3 Å². The van der Waals surface area contributed by atoms with Crippen LogP contribution in [0.5, 0.6) is 0 Å². The number of aromatic nitrogens is 1. The number of amides is 1. The lowest BCUT2D eigenvalue weighted by Crippen LogP contribution is -2.62. The topological polar surface area (TPSA) is 45.2 Å². The van der Waals surface area contributed by atoms with E-state index < -0.39 is 0 Å². The maximum Gasteiger partial charge on any atom is 0.251 e. The van der Waals surface area contributed by atoms with E-state index in [9.17, 15) is 4.79 Å². The molecule has 3 aliphatic heterocycles. The first-order chi connectivity index (χ1) is 10.2. The minimum Gasteiger partial charge on any atom is -0.347 e. The molecule has 3 aliphatic rings. The second-order valence-corrected chi connectivity index (χ2v) is 7.03. The Bertz CT molecular complexity index is 673. The van der Waals surface area contributed by atoms with E-state index >= 15 is 0 Å². The Balaban J connectivity index is 1.54. The third-order valence-corrected chi connectivity index (χ3v) is 5.88. The van der Waals surface area contributed by atoms with E-state index in [0.717, 1.165) is 15.8 Å². The van der Waals surface area contributed by atoms with Crippen LogP contribution < -0.4 is 5.32 Å². The number of hydrogen-bond donors (Lipinski definition) is 1. The highest BCUT2D eigenvalue weighted by Crippen LogP contribution is 2.32. The van der Waals surface area contributed by atoms with E-state index in [1.165, 1.54) is 25.9 Å². The molecule has 2 bridgehead atoms. The molecule has 2 atom stereocenters. The van der Waals surface area contributed by atoms with Crippen molar-refractivity contribution in [2.75, 3.05) is 13.1 Å². The predicted molar refractivity (Wildman–Crippen MR) is 84.6 cm³/mol. The molecule has 0 radical (unpaired) electrons. The maximum absolute atomic E-state index is 12.5. The number of thiazole rings is 1. The summed E-state index contributed by atoms with van der Waals surface area (Å²) >= 11 is 1.60. The van der Waals surface area contributed by atoms with Gasteiger partial charge in [0.25, 0.3) is 5.91 Å². The molecule has 1 aromatic heterocycles. The fourth-order valence-electron chi connectivity index (χ4n) is 3.78. The van der Waals surface area contributed by atoms with Crippen LogP contribution in [0.15, 0.2) is 23.7 Å². The lowest BCUT2D eigenvalue weighted by atomic mass is 9.79.